The van der Waals surface area contributed by atoms with Crippen LogP contribution in [0.4, 0.5) is 0 Å². The molecule has 0 heterocycles. The van der Waals surface area contributed by atoms with E-state index in [2.05, 4.69) is 5.10 Å². The van der Waals surface area contributed by atoms with Crippen molar-refractivity contribution in [3.05, 3.63) is 65.7 Å². The van der Waals surface area contributed by atoms with E-state index in [0.717, 1.165) is 0 Å². The molecule has 2 N–H and O–H groups in total. The molecular formula is C15H14N2O2. The van der Waals surface area contributed by atoms with Crippen molar-refractivity contribution in [2.45, 2.75) is 0 Å². The minimum absolute atomic E-state index is 0.201. The molecule has 96 valence electrons. The SMILES string of the molecule is COc1ccc(/C(=N/N)C(=O)c2ccccc2)cc1. The maximum atomic E-state index is 12.3. The minimum Gasteiger partial charge on any atom is -0.497 e. The fraction of sp³-hybridized carbons (Fsp3) is 0.0667. The van der Waals surface area contributed by atoms with Gasteiger partial charge < -0.3 is 10.6 Å². The molecule has 0 bridgehead atoms. The van der Waals surface area contributed by atoms with Gasteiger partial charge in [0, 0.05) is 11.1 Å². The molecular weight excluding hydrogens is 240 g/mol. The van der Waals surface area contributed by atoms with Gasteiger partial charge in [-0.1, -0.05) is 30.3 Å². The van der Waals surface area contributed by atoms with Crippen LogP contribution in [0.15, 0.2) is 59.7 Å². The number of benzene rings is 2. The second-order valence-electron chi connectivity index (χ2n) is 3.90. The summed E-state index contributed by atoms with van der Waals surface area (Å²) in [6.45, 7) is 0. The first kappa shape index (κ1) is 12.8. The van der Waals surface area contributed by atoms with E-state index >= 15 is 0 Å². The molecule has 2 aromatic rings. The van der Waals surface area contributed by atoms with Gasteiger partial charge in [-0.3, -0.25) is 4.79 Å². The van der Waals surface area contributed by atoms with Gasteiger partial charge in [-0.15, -0.1) is 0 Å². The molecule has 0 aliphatic rings. The van der Waals surface area contributed by atoms with Gasteiger partial charge in [-0.2, -0.15) is 5.10 Å². The number of methoxy groups -OCH3 is 1. The Morgan fingerprint density at radius 3 is 2.16 bits per heavy atom. The number of hydrogen-bond donors (Lipinski definition) is 1. The Morgan fingerprint density at radius 1 is 1.00 bits per heavy atom. The molecule has 0 aromatic heterocycles. The summed E-state index contributed by atoms with van der Waals surface area (Å²) in [6.07, 6.45) is 0. The van der Waals surface area contributed by atoms with E-state index in [1.807, 2.05) is 6.07 Å². The van der Waals surface area contributed by atoms with Crippen LogP contribution in [-0.4, -0.2) is 18.6 Å². The van der Waals surface area contributed by atoms with Gasteiger partial charge in [0.1, 0.15) is 11.5 Å². The molecule has 0 atom stereocenters. The van der Waals surface area contributed by atoms with Crippen LogP contribution in [0.2, 0.25) is 0 Å². The number of carbonyl (C=O) groups excluding carboxylic acids is 1. The van der Waals surface area contributed by atoms with Crippen molar-refractivity contribution in [2.24, 2.45) is 10.9 Å². The molecule has 0 saturated heterocycles. The molecule has 2 aromatic carbocycles. The monoisotopic (exact) mass is 254 g/mol. The van der Waals surface area contributed by atoms with Crippen molar-refractivity contribution >= 4 is 11.5 Å². The van der Waals surface area contributed by atoms with Gasteiger partial charge in [-0.05, 0) is 24.3 Å². The molecule has 19 heavy (non-hydrogen) atoms. The molecule has 0 aliphatic carbocycles. The van der Waals surface area contributed by atoms with Gasteiger partial charge in [0.15, 0.2) is 0 Å². The Bertz CT molecular complexity index is 589. The van der Waals surface area contributed by atoms with E-state index in [-0.39, 0.29) is 11.5 Å². The first-order chi connectivity index (χ1) is 9.26. The van der Waals surface area contributed by atoms with Gasteiger partial charge in [0.25, 0.3) is 0 Å². The first-order valence-electron chi connectivity index (χ1n) is 5.78. The third kappa shape index (κ3) is 2.80. The van der Waals surface area contributed by atoms with Gasteiger partial charge in [-0.25, -0.2) is 0 Å². The molecule has 0 amide bonds. The third-order valence-electron chi connectivity index (χ3n) is 2.74. The average Bonchev–Trinajstić information content (AvgIpc) is 2.49. The second-order valence-corrected chi connectivity index (χ2v) is 3.90. The fourth-order valence-corrected chi connectivity index (χ4v) is 1.74. The van der Waals surface area contributed by atoms with Crippen molar-refractivity contribution in [1.82, 2.24) is 0 Å². The third-order valence-corrected chi connectivity index (χ3v) is 2.74. The maximum absolute atomic E-state index is 12.3. The van der Waals surface area contributed by atoms with Crippen LogP contribution in [0.5, 0.6) is 5.75 Å². The number of ether oxygens (including phenoxy) is 1. The number of hydrogen-bond acceptors (Lipinski definition) is 4. The van der Waals surface area contributed by atoms with Crippen LogP contribution in [-0.2, 0) is 0 Å². The zero-order chi connectivity index (χ0) is 13.7. The van der Waals surface area contributed by atoms with Crippen molar-refractivity contribution in [3.63, 3.8) is 0 Å². The molecule has 0 unspecified atom stereocenters. The normalized spacial score (nSPS) is 11.1. The molecule has 0 aliphatic heterocycles. The number of nitrogens with zero attached hydrogens (tertiary/aromatic N) is 1. The smallest absolute Gasteiger partial charge is 0.213 e. The predicted octanol–water partition coefficient (Wildman–Crippen LogP) is 2.24. The van der Waals surface area contributed by atoms with Crippen LogP contribution < -0.4 is 10.6 Å². The lowest BCUT2D eigenvalue weighted by Crippen LogP contribution is -2.17. The number of Topliss-reactive ketones (excluding diaryl/α,β-unsaturated/α-hetero) is 1. The van der Waals surface area contributed by atoms with Crippen LogP contribution in [0.1, 0.15) is 15.9 Å². The summed E-state index contributed by atoms with van der Waals surface area (Å²) >= 11 is 0. The summed E-state index contributed by atoms with van der Waals surface area (Å²) in [6, 6.07) is 16.0. The van der Waals surface area contributed by atoms with E-state index in [0.29, 0.717) is 16.9 Å². The number of ketones is 1. The highest BCUT2D eigenvalue weighted by atomic mass is 16.5. The van der Waals surface area contributed by atoms with E-state index in [1.54, 1.807) is 55.6 Å². The summed E-state index contributed by atoms with van der Waals surface area (Å²) in [5.74, 6) is 5.86. The summed E-state index contributed by atoms with van der Waals surface area (Å²) < 4.78 is 5.07. The summed E-state index contributed by atoms with van der Waals surface area (Å²) in [5, 5.41) is 3.62. The standard InChI is InChI=1S/C15H14N2O2/c1-19-13-9-7-11(8-10-13)14(17-16)15(18)12-5-3-2-4-6-12/h2-10H,16H2,1H3/b17-14-. The highest BCUT2D eigenvalue weighted by Gasteiger charge is 2.15. The highest BCUT2D eigenvalue weighted by Crippen LogP contribution is 2.14. The van der Waals surface area contributed by atoms with Crippen LogP contribution in [0.3, 0.4) is 0 Å². The zero-order valence-electron chi connectivity index (χ0n) is 10.5. The van der Waals surface area contributed by atoms with E-state index in [9.17, 15) is 4.79 Å². The molecule has 0 spiro atoms. The Labute approximate surface area is 111 Å². The van der Waals surface area contributed by atoms with Crippen molar-refractivity contribution in [2.75, 3.05) is 7.11 Å². The summed E-state index contributed by atoms with van der Waals surface area (Å²) in [5.41, 5.74) is 1.45. The fourth-order valence-electron chi connectivity index (χ4n) is 1.74. The molecule has 4 nitrogen and oxygen atoms in total. The average molecular weight is 254 g/mol. The lowest BCUT2D eigenvalue weighted by molar-refractivity contribution is 0.106. The second kappa shape index (κ2) is 5.82. The predicted molar refractivity (Wildman–Crippen MR) is 74.5 cm³/mol. The zero-order valence-corrected chi connectivity index (χ0v) is 10.5. The van der Waals surface area contributed by atoms with Gasteiger partial charge >= 0.3 is 0 Å². The van der Waals surface area contributed by atoms with Crippen molar-refractivity contribution in [3.8, 4) is 5.75 Å². The molecule has 2 rings (SSSR count). The number of rotatable bonds is 4. The Hall–Kier alpha value is -2.62. The molecule has 0 saturated carbocycles. The lowest BCUT2D eigenvalue weighted by atomic mass is 10.0. The quantitative estimate of drug-likeness (QED) is 0.394. The lowest BCUT2D eigenvalue weighted by Gasteiger charge is -2.06. The number of hydrazone groups is 1. The van der Waals surface area contributed by atoms with E-state index in [1.165, 1.54) is 0 Å². The Balaban J connectivity index is 2.32. The topological polar surface area (TPSA) is 64.7 Å². The first-order valence-corrected chi connectivity index (χ1v) is 5.78. The van der Waals surface area contributed by atoms with Gasteiger partial charge in [0.2, 0.25) is 5.78 Å². The summed E-state index contributed by atoms with van der Waals surface area (Å²) in [4.78, 5) is 12.3. The van der Waals surface area contributed by atoms with Crippen molar-refractivity contribution < 1.29 is 9.53 Å². The van der Waals surface area contributed by atoms with Gasteiger partial charge in [0.05, 0.1) is 7.11 Å². The molecule has 0 fully saturated rings. The van der Waals surface area contributed by atoms with E-state index < -0.39 is 0 Å². The molecule has 0 radical (unpaired) electrons. The van der Waals surface area contributed by atoms with Crippen LogP contribution >= 0.6 is 0 Å². The minimum atomic E-state index is -0.201. The number of carbonyl (C=O) groups is 1. The Kier molecular flexibility index (Phi) is 3.93. The maximum Gasteiger partial charge on any atom is 0.213 e. The van der Waals surface area contributed by atoms with E-state index in [4.69, 9.17) is 10.6 Å². The Morgan fingerprint density at radius 2 is 1.63 bits per heavy atom. The van der Waals surface area contributed by atoms with Crippen molar-refractivity contribution in [1.29, 1.82) is 0 Å². The van der Waals surface area contributed by atoms with Crippen LogP contribution in [0, 0.1) is 0 Å². The molecule has 4 heteroatoms. The summed E-state index contributed by atoms with van der Waals surface area (Å²) in [7, 11) is 1.59. The largest absolute Gasteiger partial charge is 0.497 e. The van der Waals surface area contributed by atoms with Crippen LogP contribution in [0.25, 0.3) is 0 Å². The number of nitrogens with two attached hydrogens (primary N) is 1. The highest BCUT2D eigenvalue weighted by molar-refractivity contribution is 6.51.